The van der Waals surface area contributed by atoms with Crippen molar-refractivity contribution in [2.45, 2.75) is 12.3 Å². The molecule has 3 aromatic rings. The van der Waals surface area contributed by atoms with Crippen molar-refractivity contribution >= 4 is 49.1 Å². The van der Waals surface area contributed by atoms with Gasteiger partial charge in [0.05, 0.1) is 16.8 Å². The van der Waals surface area contributed by atoms with Crippen molar-refractivity contribution < 1.29 is 4.74 Å². The molecular formula is C15H12BrClN2OS. The van der Waals surface area contributed by atoms with Crippen molar-refractivity contribution in [3.63, 3.8) is 0 Å². The number of thiophene rings is 1. The first kappa shape index (κ1) is 14.8. The summed E-state index contributed by atoms with van der Waals surface area (Å²) in [7, 11) is 0. The number of aromatic nitrogens is 2. The van der Waals surface area contributed by atoms with Gasteiger partial charge in [-0.1, -0.05) is 39.7 Å². The second-order valence-electron chi connectivity index (χ2n) is 4.31. The number of halogens is 2. The lowest BCUT2D eigenvalue weighted by Crippen LogP contribution is -1.94. The van der Waals surface area contributed by atoms with Crippen LogP contribution in [0.3, 0.4) is 0 Å². The van der Waals surface area contributed by atoms with Crippen molar-refractivity contribution in [2.75, 3.05) is 6.61 Å². The average molecular weight is 384 g/mol. The summed E-state index contributed by atoms with van der Waals surface area (Å²) in [6.45, 7) is 2.61. The Hall–Kier alpha value is -1.17. The fraction of sp³-hybridized carbons (Fsp3) is 0.200. The van der Waals surface area contributed by atoms with Crippen LogP contribution in [0.5, 0.6) is 5.75 Å². The molecule has 0 unspecified atom stereocenters. The smallest absolute Gasteiger partial charge is 0.150 e. The van der Waals surface area contributed by atoms with Gasteiger partial charge in [-0.25, -0.2) is 9.97 Å². The Bertz CT molecular complexity index is 790. The van der Waals surface area contributed by atoms with Gasteiger partial charge in [-0.2, -0.15) is 0 Å². The molecule has 2 heterocycles. The molecule has 0 aliphatic heterocycles. The van der Waals surface area contributed by atoms with Gasteiger partial charge in [0.2, 0.25) is 0 Å². The molecule has 0 saturated carbocycles. The van der Waals surface area contributed by atoms with Crippen molar-refractivity contribution in [3.05, 3.63) is 41.3 Å². The molecule has 3 nitrogen and oxygen atoms in total. The lowest BCUT2D eigenvalue weighted by Gasteiger charge is -2.09. The highest BCUT2D eigenvalue weighted by atomic mass is 79.9. The molecular weight excluding hydrogens is 372 g/mol. The Morgan fingerprint density at radius 3 is 2.86 bits per heavy atom. The van der Waals surface area contributed by atoms with E-state index in [4.69, 9.17) is 16.3 Å². The zero-order valence-electron chi connectivity index (χ0n) is 11.3. The van der Waals surface area contributed by atoms with Crippen LogP contribution in [-0.4, -0.2) is 16.6 Å². The third-order valence-electron chi connectivity index (χ3n) is 3.09. The zero-order chi connectivity index (χ0) is 14.8. The number of hydrogen-bond acceptors (Lipinski definition) is 4. The van der Waals surface area contributed by atoms with Gasteiger partial charge in [-0.3, -0.25) is 0 Å². The molecule has 0 aliphatic carbocycles. The van der Waals surface area contributed by atoms with Gasteiger partial charge < -0.3 is 4.74 Å². The first-order valence-electron chi connectivity index (χ1n) is 6.46. The van der Waals surface area contributed by atoms with Gasteiger partial charge in [0.25, 0.3) is 0 Å². The molecule has 6 heteroatoms. The molecule has 0 N–H and O–H groups in total. The molecule has 0 fully saturated rings. The van der Waals surface area contributed by atoms with Crippen LogP contribution < -0.4 is 4.74 Å². The van der Waals surface area contributed by atoms with Crippen molar-refractivity contribution in [2.24, 2.45) is 0 Å². The number of alkyl halides is 1. The van der Waals surface area contributed by atoms with E-state index in [1.807, 2.05) is 25.1 Å². The highest BCUT2D eigenvalue weighted by Crippen LogP contribution is 2.43. The molecule has 0 radical (unpaired) electrons. The van der Waals surface area contributed by atoms with E-state index >= 15 is 0 Å². The topological polar surface area (TPSA) is 35.0 Å². The largest absolute Gasteiger partial charge is 0.493 e. The molecule has 0 bridgehead atoms. The molecule has 0 spiro atoms. The summed E-state index contributed by atoms with van der Waals surface area (Å²) in [5.41, 5.74) is 3.08. The Morgan fingerprint density at radius 1 is 1.29 bits per heavy atom. The fourth-order valence-corrected chi connectivity index (χ4v) is 4.37. The van der Waals surface area contributed by atoms with E-state index in [1.54, 1.807) is 11.3 Å². The van der Waals surface area contributed by atoms with E-state index in [-0.39, 0.29) is 0 Å². The molecule has 108 valence electrons. The third kappa shape index (κ3) is 2.65. The predicted octanol–water partition coefficient (Wildman–Crippen LogP) is 5.31. The normalized spacial score (nSPS) is 11.0. The van der Waals surface area contributed by atoms with Crippen LogP contribution in [-0.2, 0) is 5.33 Å². The lowest BCUT2D eigenvalue weighted by molar-refractivity contribution is 0.341. The molecule has 0 atom stereocenters. The zero-order valence-corrected chi connectivity index (χ0v) is 14.4. The highest BCUT2D eigenvalue weighted by Gasteiger charge is 2.18. The maximum absolute atomic E-state index is 6.20. The van der Waals surface area contributed by atoms with Gasteiger partial charge in [0.1, 0.15) is 17.2 Å². The standard InChI is InChI=1S/C15H12BrClN2OS/c1-2-20-11-6-4-3-5-9(11)13-10(7-16)12-14(21-13)15(17)19-8-18-12/h3-6,8H,2,7H2,1H3. The van der Waals surface area contributed by atoms with Crippen molar-refractivity contribution in [1.29, 1.82) is 0 Å². The minimum Gasteiger partial charge on any atom is -0.493 e. The van der Waals surface area contributed by atoms with Gasteiger partial charge in [0, 0.05) is 21.3 Å². The highest BCUT2D eigenvalue weighted by molar-refractivity contribution is 9.08. The summed E-state index contributed by atoms with van der Waals surface area (Å²) in [6.07, 6.45) is 1.50. The van der Waals surface area contributed by atoms with E-state index in [1.165, 1.54) is 6.33 Å². The van der Waals surface area contributed by atoms with E-state index in [0.717, 1.165) is 32.0 Å². The number of benzene rings is 1. The van der Waals surface area contributed by atoms with E-state index in [0.29, 0.717) is 17.1 Å². The van der Waals surface area contributed by atoms with Gasteiger partial charge in [0.15, 0.2) is 0 Å². The molecule has 0 saturated heterocycles. The van der Waals surface area contributed by atoms with Crippen molar-refractivity contribution in [1.82, 2.24) is 9.97 Å². The van der Waals surface area contributed by atoms with Crippen LogP contribution >= 0.6 is 38.9 Å². The quantitative estimate of drug-likeness (QED) is 0.452. The maximum atomic E-state index is 6.20. The summed E-state index contributed by atoms with van der Waals surface area (Å²) in [5.74, 6) is 0.873. The average Bonchev–Trinajstić information content (AvgIpc) is 2.88. The Labute approximate surface area is 140 Å². The number of nitrogens with zero attached hydrogens (tertiary/aromatic N) is 2. The lowest BCUT2D eigenvalue weighted by atomic mass is 10.1. The number of hydrogen-bond donors (Lipinski definition) is 0. The number of fused-ring (bicyclic) bond motifs is 1. The minimum absolute atomic E-state index is 0.493. The molecule has 3 rings (SSSR count). The number of ether oxygens (including phenoxy) is 1. The molecule has 0 aliphatic rings. The Morgan fingerprint density at radius 2 is 2.10 bits per heavy atom. The summed E-state index contributed by atoms with van der Waals surface area (Å²) in [6, 6.07) is 8.02. The van der Waals surface area contributed by atoms with E-state index < -0.39 is 0 Å². The van der Waals surface area contributed by atoms with Crippen molar-refractivity contribution in [3.8, 4) is 16.2 Å². The van der Waals surface area contributed by atoms with Crippen LogP contribution in [0, 0.1) is 0 Å². The van der Waals surface area contributed by atoms with Crippen LogP contribution in [0.25, 0.3) is 20.7 Å². The third-order valence-corrected chi connectivity index (χ3v) is 5.31. The van der Waals surface area contributed by atoms with Gasteiger partial charge in [-0.05, 0) is 19.1 Å². The molecule has 0 amide bonds. The van der Waals surface area contributed by atoms with E-state index in [2.05, 4.69) is 32.0 Å². The Kier molecular flexibility index (Phi) is 4.42. The molecule has 1 aromatic carbocycles. The fourth-order valence-electron chi connectivity index (χ4n) is 2.21. The molecule has 2 aromatic heterocycles. The SMILES string of the molecule is CCOc1ccccc1-c1sc2c(Cl)ncnc2c1CBr. The molecule has 21 heavy (non-hydrogen) atoms. The second-order valence-corrected chi connectivity index (χ2v) is 6.25. The minimum atomic E-state index is 0.493. The van der Waals surface area contributed by atoms with Gasteiger partial charge >= 0.3 is 0 Å². The van der Waals surface area contributed by atoms with Gasteiger partial charge in [-0.15, -0.1) is 11.3 Å². The summed E-state index contributed by atoms with van der Waals surface area (Å²) < 4.78 is 6.65. The number of para-hydroxylation sites is 1. The summed E-state index contributed by atoms with van der Waals surface area (Å²) in [4.78, 5) is 9.56. The maximum Gasteiger partial charge on any atom is 0.150 e. The number of rotatable bonds is 4. The summed E-state index contributed by atoms with van der Waals surface area (Å²) >= 11 is 11.4. The van der Waals surface area contributed by atoms with Crippen LogP contribution in [0.15, 0.2) is 30.6 Å². The van der Waals surface area contributed by atoms with Crippen LogP contribution in [0.2, 0.25) is 5.15 Å². The van der Waals surface area contributed by atoms with Crippen LogP contribution in [0.4, 0.5) is 0 Å². The van der Waals surface area contributed by atoms with E-state index in [9.17, 15) is 0 Å². The first-order valence-corrected chi connectivity index (χ1v) is 8.77. The van der Waals surface area contributed by atoms with Crippen LogP contribution in [0.1, 0.15) is 12.5 Å². The predicted molar refractivity (Wildman–Crippen MR) is 91.7 cm³/mol. The monoisotopic (exact) mass is 382 g/mol. The Balaban J connectivity index is 2.28. The second kappa shape index (κ2) is 6.30. The summed E-state index contributed by atoms with van der Waals surface area (Å²) in [5, 5.41) is 1.20. The first-order chi connectivity index (χ1) is 10.3.